The van der Waals surface area contributed by atoms with Crippen LogP contribution in [0.2, 0.25) is 0 Å². The third-order valence-electron chi connectivity index (χ3n) is 9.37. The van der Waals surface area contributed by atoms with Crippen LogP contribution in [-0.2, 0) is 24.6 Å². The molecule has 41 heavy (non-hydrogen) atoms. The van der Waals surface area contributed by atoms with Crippen molar-refractivity contribution in [3.8, 4) is 0 Å². The fraction of sp³-hybridized carbons (Fsp3) is 0.647. The smallest absolute Gasteiger partial charge is 0.304 e. The lowest BCUT2D eigenvalue weighted by atomic mass is 9.75. The van der Waals surface area contributed by atoms with E-state index in [2.05, 4.69) is 46.3 Å². The maximum Gasteiger partial charge on any atom is 0.353 e. The molecule has 1 unspecified atom stereocenters. The van der Waals surface area contributed by atoms with E-state index in [0.29, 0.717) is 40.4 Å². The van der Waals surface area contributed by atoms with Crippen LogP contribution in [0, 0.1) is 42.4 Å². The normalized spacial score (nSPS) is 29.0. The highest BCUT2D eigenvalue weighted by molar-refractivity contribution is 7.83. The summed E-state index contributed by atoms with van der Waals surface area (Å²) in [5, 5.41) is 0. The Kier molecular flexibility index (Phi) is 11.5. The van der Waals surface area contributed by atoms with E-state index in [4.69, 9.17) is 9.05 Å². The molecule has 0 saturated heterocycles. The molecular formula is C34H52NO4PS. The van der Waals surface area contributed by atoms with Crippen LogP contribution in [0.1, 0.15) is 97.0 Å². The molecule has 2 saturated carbocycles. The zero-order valence-electron chi connectivity index (χ0n) is 26.1. The lowest BCUT2D eigenvalue weighted by Crippen LogP contribution is -2.38. The Labute approximate surface area is 251 Å². The van der Waals surface area contributed by atoms with E-state index in [1.54, 1.807) is 0 Å². The molecule has 0 heterocycles. The summed E-state index contributed by atoms with van der Waals surface area (Å²) in [7, 11) is -5.50. The molecule has 2 aromatic carbocycles. The molecule has 1 N–H and O–H groups in total. The summed E-state index contributed by atoms with van der Waals surface area (Å²) >= 11 is 0. The third kappa shape index (κ3) is 8.42. The lowest BCUT2D eigenvalue weighted by Gasteiger charge is -2.43. The van der Waals surface area contributed by atoms with Crippen LogP contribution >= 0.6 is 7.60 Å². The number of hydrogen-bond donors (Lipinski definition) is 1. The standard InChI is InChI=1S/C34H52NO4PS/c1-23(2)30-19-15-26(6)21-32(30)38-40(36,39-33-22-27(7)16-20-31(33)24(3)4)34(28-11-9-8-10-12-28)35-41(37)29-17-13-25(5)14-18-29/h8-14,17-18,23-24,26-27,30-35H,15-16,19-22H2,1-7H3/t26-,27-,30+,31+,32-,33-,34-,41?/m1/s1. The van der Waals surface area contributed by atoms with Crippen molar-refractivity contribution in [1.82, 2.24) is 4.72 Å². The maximum atomic E-state index is 15.6. The minimum Gasteiger partial charge on any atom is -0.304 e. The largest absolute Gasteiger partial charge is 0.353 e. The van der Waals surface area contributed by atoms with E-state index in [1.807, 2.05) is 61.5 Å². The molecule has 0 amide bonds. The van der Waals surface area contributed by atoms with Gasteiger partial charge in [-0.05, 0) is 85.8 Å². The van der Waals surface area contributed by atoms with Crippen molar-refractivity contribution in [3.05, 3.63) is 65.7 Å². The molecule has 2 aliphatic carbocycles. The van der Waals surface area contributed by atoms with Crippen LogP contribution in [0.4, 0.5) is 0 Å². The van der Waals surface area contributed by atoms with Gasteiger partial charge in [-0.25, -0.2) is 8.93 Å². The van der Waals surface area contributed by atoms with Gasteiger partial charge in [0.2, 0.25) is 0 Å². The summed E-state index contributed by atoms with van der Waals surface area (Å²) in [5.41, 5.74) is 1.87. The van der Waals surface area contributed by atoms with Crippen molar-refractivity contribution in [2.45, 2.75) is 110 Å². The lowest BCUT2D eigenvalue weighted by molar-refractivity contribution is -0.00630. The second-order valence-electron chi connectivity index (χ2n) is 13.5. The van der Waals surface area contributed by atoms with Gasteiger partial charge in [0, 0.05) is 0 Å². The molecule has 0 aliphatic heterocycles. The van der Waals surface area contributed by atoms with Gasteiger partial charge in [0.25, 0.3) is 0 Å². The number of rotatable bonds is 11. The van der Waals surface area contributed by atoms with E-state index in [0.717, 1.165) is 49.7 Å². The van der Waals surface area contributed by atoms with Gasteiger partial charge in [0.1, 0.15) is 16.8 Å². The summed E-state index contributed by atoms with van der Waals surface area (Å²) in [4.78, 5) is 0.640. The molecule has 8 atom stereocenters. The zero-order chi connectivity index (χ0) is 29.7. The first-order valence-corrected chi connectivity index (χ1v) is 18.5. The van der Waals surface area contributed by atoms with Crippen LogP contribution in [-0.4, -0.2) is 16.4 Å². The van der Waals surface area contributed by atoms with Crippen molar-refractivity contribution < 1.29 is 17.8 Å². The van der Waals surface area contributed by atoms with E-state index in [9.17, 15) is 4.21 Å². The monoisotopic (exact) mass is 601 g/mol. The molecule has 0 radical (unpaired) electrons. The van der Waals surface area contributed by atoms with Gasteiger partial charge in [0.15, 0.2) is 0 Å². The molecule has 0 bridgehead atoms. The topological polar surface area (TPSA) is 64.6 Å². The fourth-order valence-electron chi connectivity index (χ4n) is 6.78. The molecular weight excluding hydrogens is 549 g/mol. The molecule has 2 aliphatic rings. The zero-order valence-corrected chi connectivity index (χ0v) is 27.8. The summed E-state index contributed by atoms with van der Waals surface area (Å²) in [6, 6.07) is 17.3. The molecule has 4 rings (SSSR count). The summed E-state index contributed by atoms with van der Waals surface area (Å²) in [6.07, 6.45) is 5.77. The summed E-state index contributed by atoms with van der Waals surface area (Å²) in [6.45, 7) is 15.5. The van der Waals surface area contributed by atoms with E-state index < -0.39 is 24.4 Å². The van der Waals surface area contributed by atoms with E-state index in [1.165, 1.54) is 0 Å². The van der Waals surface area contributed by atoms with Crippen molar-refractivity contribution in [1.29, 1.82) is 0 Å². The average Bonchev–Trinajstić information content (AvgIpc) is 2.92. The second-order valence-corrected chi connectivity index (χ2v) is 16.8. The Morgan fingerprint density at radius 2 is 1.27 bits per heavy atom. The molecule has 5 nitrogen and oxygen atoms in total. The van der Waals surface area contributed by atoms with Crippen molar-refractivity contribution in [3.63, 3.8) is 0 Å². The number of nitrogens with one attached hydrogen (secondary N) is 1. The SMILES string of the molecule is Cc1ccc(S(=O)N[C@@H](c2ccccc2)P(=O)(O[C@@H]2C[C@H](C)CC[C@H]2C(C)C)O[C@@H]2C[C@H](C)CC[C@H]2C(C)C)cc1. The highest BCUT2D eigenvalue weighted by Gasteiger charge is 2.47. The highest BCUT2D eigenvalue weighted by Crippen LogP contribution is 2.64. The quantitative estimate of drug-likeness (QED) is 0.261. The van der Waals surface area contributed by atoms with Crippen LogP contribution in [0.25, 0.3) is 0 Å². The van der Waals surface area contributed by atoms with Gasteiger partial charge in [-0.3, -0.25) is 4.57 Å². The van der Waals surface area contributed by atoms with Gasteiger partial charge in [-0.15, -0.1) is 0 Å². The van der Waals surface area contributed by atoms with Crippen molar-refractivity contribution >= 4 is 18.6 Å². The maximum absolute atomic E-state index is 15.6. The first kappa shape index (κ1) is 32.6. The summed E-state index contributed by atoms with van der Waals surface area (Å²) < 4.78 is 46.4. The minimum atomic E-state index is -3.88. The first-order chi connectivity index (χ1) is 19.5. The second kappa shape index (κ2) is 14.4. The van der Waals surface area contributed by atoms with Gasteiger partial charge in [-0.1, -0.05) is 102 Å². The predicted octanol–water partition coefficient (Wildman–Crippen LogP) is 9.45. The first-order valence-electron chi connectivity index (χ1n) is 15.7. The molecule has 0 aromatic heterocycles. The van der Waals surface area contributed by atoms with Crippen molar-refractivity contribution in [2.24, 2.45) is 35.5 Å². The van der Waals surface area contributed by atoms with Gasteiger partial charge in [0.05, 0.1) is 17.1 Å². The number of hydrogen-bond acceptors (Lipinski definition) is 4. The van der Waals surface area contributed by atoms with Gasteiger partial charge < -0.3 is 9.05 Å². The Bertz CT molecular complexity index is 1130. The Hall–Kier alpha value is -1.30. The van der Waals surface area contributed by atoms with E-state index in [-0.39, 0.29) is 12.2 Å². The molecule has 228 valence electrons. The number of benzene rings is 2. The van der Waals surface area contributed by atoms with Crippen LogP contribution < -0.4 is 4.72 Å². The Morgan fingerprint density at radius 3 is 1.73 bits per heavy atom. The van der Waals surface area contributed by atoms with Gasteiger partial charge in [-0.2, -0.15) is 0 Å². The van der Waals surface area contributed by atoms with Crippen molar-refractivity contribution in [2.75, 3.05) is 0 Å². The predicted molar refractivity (Wildman–Crippen MR) is 170 cm³/mol. The third-order valence-corrected chi connectivity index (χ3v) is 12.9. The average molecular weight is 602 g/mol. The van der Waals surface area contributed by atoms with Crippen LogP contribution in [0.3, 0.4) is 0 Å². The Balaban J connectivity index is 1.77. The summed E-state index contributed by atoms with van der Waals surface area (Å²) in [5.74, 6) is 1.54. The molecule has 2 fully saturated rings. The van der Waals surface area contributed by atoms with E-state index >= 15 is 4.57 Å². The van der Waals surface area contributed by atoms with Gasteiger partial charge >= 0.3 is 7.60 Å². The molecule has 0 spiro atoms. The number of aryl methyl sites for hydroxylation is 1. The highest BCUT2D eigenvalue weighted by atomic mass is 32.2. The molecule has 7 heteroatoms. The minimum absolute atomic E-state index is 0.177. The Morgan fingerprint density at radius 1 is 0.780 bits per heavy atom. The fourth-order valence-corrected chi connectivity index (χ4v) is 10.5. The molecule has 2 aromatic rings. The van der Waals surface area contributed by atoms with Crippen LogP contribution in [0.15, 0.2) is 59.5 Å². The van der Waals surface area contributed by atoms with Crippen LogP contribution in [0.5, 0.6) is 0 Å².